The third-order valence-electron chi connectivity index (χ3n) is 2.83. The van der Waals surface area contributed by atoms with E-state index in [1.165, 1.54) is 18.3 Å². The van der Waals surface area contributed by atoms with Gasteiger partial charge < -0.3 is 10.3 Å². The van der Waals surface area contributed by atoms with Crippen molar-refractivity contribution in [2.75, 3.05) is 0 Å². The topological polar surface area (TPSA) is 70.7 Å². The van der Waals surface area contributed by atoms with Crippen LogP contribution in [0.5, 0.6) is 0 Å². The second kappa shape index (κ2) is 5.08. The molecule has 1 amide bonds. The maximum Gasteiger partial charge on any atom is 0.253 e. The van der Waals surface area contributed by atoms with Crippen molar-refractivity contribution in [2.45, 2.75) is 6.54 Å². The van der Waals surface area contributed by atoms with Gasteiger partial charge >= 0.3 is 0 Å². The summed E-state index contributed by atoms with van der Waals surface area (Å²) >= 11 is 0. The predicted octanol–water partition coefficient (Wildman–Crippen LogP) is 2.03. The summed E-state index contributed by atoms with van der Waals surface area (Å²) in [6, 6.07) is 7.68. The maximum absolute atomic E-state index is 13.1. The molecule has 3 rings (SSSR count). The lowest BCUT2D eigenvalue weighted by atomic mass is 10.3. The van der Waals surface area contributed by atoms with Gasteiger partial charge in [0.1, 0.15) is 11.6 Å². The van der Waals surface area contributed by atoms with Gasteiger partial charge in [-0.25, -0.2) is 9.37 Å². The molecule has 0 bridgehead atoms. The average molecular weight is 270 g/mol. The van der Waals surface area contributed by atoms with Crippen LogP contribution in [0.15, 0.2) is 42.7 Å². The van der Waals surface area contributed by atoms with Gasteiger partial charge in [0.25, 0.3) is 5.91 Å². The molecule has 0 aliphatic carbocycles. The molecule has 20 heavy (non-hydrogen) atoms. The lowest BCUT2D eigenvalue weighted by Gasteiger charge is -2.02. The van der Waals surface area contributed by atoms with Crippen LogP contribution in [0, 0.1) is 5.82 Å². The SMILES string of the molecule is O=C(NCc1nc2ccc(F)cc2[nH]1)c1cccnc1. The number of nitrogens with zero attached hydrogens (tertiary/aromatic N) is 2. The molecule has 2 aromatic heterocycles. The van der Waals surface area contributed by atoms with Gasteiger partial charge in [0.05, 0.1) is 23.1 Å². The van der Waals surface area contributed by atoms with E-state index in [0.29, 0.717) is 22.4 Å². The fourth-order valence-corrected chi connectivity index (χ4v) is 1.88. The number of carbonyl (C=O) groups is 1. The molecule has 3 aromatic rings. The summed E-state index contributed by atoms with van der Waals surface area (Å²) in [5.41, 5.74) is 1.75. The fourth-order valence-electron chi connectivity index (χ4n) is 1.88. The Labute approximate surface area is 113 Å². The minimum absolute atomic E-state index is 0.232. The fraction of sp³-hybridized carbons (Fsp3) is 0.0714. The number of pyridine rings is 1. The van der Waals surface area contributed by atoms with Crippen LogP contribution in [0.25, 0.3) is 11.0 Å². The summed E-state index contributed by atoms with van der Waals surface area (Å²) in [5, 5.41) is 2.72. The Bertz CT molecular complexity index is 754. The van der Waals surface area contributed by atoms with E-state index in [4.69, 9.17) is 0 Å². The number of hydrogen-bond donors (Lipinski definition) is 2. The zero-order chi connectivity index (χ0) is 13.9. The molecule has 2 heterocycles. The van der Waals surface area contributed by atoms with Gasteiger partial charge in [-0.3, -0.25) is 9.78 Å². The quantitative estimate of drug-likeness (QED) is 0.765. The summed E-state index contributed by atoms with van der Waals surface area (Å²) < 4.78 is 13.1. The number of aromatic amines is 1. The minimum Gasteiger partial charge on any atom is -0.345 e. The first kappa shape index (κ1) is 12.3. The molecule has 0 aliphatic heterocycles. The third kappa shape index (κ3) is 2.49. The highest BCUT2D eigenvalue weighted by atomic mass is 19.1. The summed E-state index contributed by atoms with van der Waals surface area (Å²) in [4.78, 5) is 22.9. The molecule has 1 aromatic carbocycles. The van der Waals surface area contributed by atoms with E-state index < -0.39 is 0 Å². The lowest BCUT2D eigenvalue weighted by molar-refractivity contribution is 0.0949. The van der Waals surface area contributed by atoms with Gasteiger partial charge in [0, 0.05) is 12.4 Å². The Morgan fingerprint density at radius 3 is 3.05 bits per heavy atom. The van der Waals surface area contributed by atoms with Crippen LogP contribution >= 0.6 is 0 Å². The zero-order valence-corrected chi connectivity index (χ0v) is 10.4. The van der Waals surface area contributed by atoms with Crippen molar-refractivity contribution in [2.24, 2.45) is 0 Å². The highest BCUT2D eigenvalue weighted by Crippen LogP contribution is 2.12. The van der Waals surface area contributed by atoms with Gasteiger partial charge in [-0.05, 0) is 30.3 Å². The first-order valence-corrected chi connectivity index (χ1v) is 6.05. The standard InChI is InChI=1S/C14H11FN4O/c15-10-3-4-11-12(6-10)19-13(18-11)8-17-14(20)9-2-1-5-16-7-9/h1-7H,8H2,(H,17,20)(H,18,19). The smallest absolute Gasteiger partial charge is 0.253 e. The first-order chi connectivity index (χ1) is 9.72. The number of halogens is 1. The van der Waals surface area contributed by atoms with E-state index in [2.05, 4.69) is 20.3 Å². The van der Waals surface area contributed by atoms with E-state index >= 15 is 0 Å². The zero-order valence-electron chi connectivity index (χ0n) is 10.4. The van der Waals surface area contributed by atoms with E-state index in [-0.39, 0.29) is 18.3 Å². The predicted molar refractivity (Wildman–Crippen MR) is 71.5 cm³/mol. The van der Waals surface area contributed by atoms with Gasteiger partial charge in [0.2, 0.25) is 0 Å². The molecule has 5 nitrogen and oxygen atoms in total. The Morgan fingerprint density at radius 1 is 1.35 bits per heavy atom. The maximum atomic E-state index is 13.1. The highest BCUT2D eigenvalue weighted by Gasteiger charge is 2.07. The van der Waals surface area contributed by atoms with Crippen molar-refractivity contribution in [1.29, 1.82) is 0 Å². The number of aromatic nitrogens is 3. The summed E-state index contributed by atoms with van der Waals surface area (Å²) in [6.45, 7) is 0.240. The molecular weight excluding hydrogens is 259 g/mol. The molecule has 0 spiro atoms. The Kier molecular flexibility index (Phi) is 3.12. The van der Waals surface area contributed by atoms with Gasteiger partial charge in [-0.1, -0.05) is 0 Å². The number of hydrogen-bond acceptors (Lipinski definition) is 3. The van der Waals surface area contributed by atoms with Crippen LogP contribution < -0.4 is 5.32 Å². The number of nitrogens with one attached hydrogen (secondary N) is 2. The Hall–Kier alpha value is -2.76. The summed E-state index contributed by atoms with van der Waals surface area (Å²) in [7, 11) is 0. The molecule has 0 unspecified atom stereocenters. The second-order valence-corrected chi connectivity index (χ2v) is 4.27. The van der Waals surface area contributed by atoms with E-state index in [1.54, 1.807) is 24.4 Å². The third-order valence-corrected chi connectivity index (χ3v) is 2.83. The second-order valence-electron chi connectivity index (χ2n) is 4.27. The molecule has 0 aliphatic rings. The van der Waals surface area contributed by atoms with E-state index in [9.17, 15) is 9.18 Å². The molecule has 2 N–H and O–H groups in total. The lowest BCUT2D eigenvalue weighted by Crippen LogP contribution is -2.23. The van der Waals surface area contributed by atoms with Crippen molar-refractivity contribution in [3.05, 3.63) is 59.9 Å². The molecule has 0 saturated carbocycles. The van der Waals surface area contributed by atoms with E-state index in [0.717, 1.165) is 0 Å². The number of amides is 1. The van der Waals surface area contributed by atoms with E-state index in [1.807, 2.05) is 0 Å². The van der Waals surface area contributed by atoms with Crippen molar-refractivity contribution >= 4 is 16.9 Å². The van der Waals surface area contributed by atoms with Crippen LogP contribution in [0.3, 0.4) is 0 Å². The highest BCUT2D eigenvalue weighted by molar-refractivity contribution is 5.93. The van der Waals surface area contributed by atoms with Gasteiger partial charge in [-0.15, -0.1) is 0 Å². The first-order valence-electron chi connectivity index (χ1n) is 6.05. The van der Waals surface area contributed by atoms with Crippen LogP contribution in [0.4, 0.5) is 4.39 Å². The molecule has 100 valence electrons. The van der Waals surface area contributed by atoms with Crippen LogP contribution in [0.2, 0.25) is 0 Å². The van der Waals surface area contributed by atoms with Crippen LogP contribution in [0.1, 0.15) is 16.2 Å². The van der Waals surface area contributed by atoms with Crippen molar-refractivity contribution in [1.82, 2.24) is 20.3 Å². The van der Waals surface area contributed by atoms with Crippen molar-refractivity contribution in [3.8, 4) is 0 Å². The van der Waals surface area contributed by atoms with Crippen molar-refractivity contribution < 1.29 is 9.18 Å². The largest absolute Gasteiger partial charge is 0.345 e. The average Bonchev–Trinajstić information content (AvgIpc) is 2.87. The summed E-state index contributed by atoms with van der Waals surface area (Å²) in [5.74, 6) is 0.0136. The Balaban J connectivity index is 1.72. The molecule has 0 atom stereocenters. The molecule has 0 radical (unpaired) electrons. The van der Waals surface area contributed by atoms with Gasteiger partial charge in [-0.2, -0.15) is 0 Å². The minimum atomic E-state index is -0.327. The molecule has 6 heteroatoms. The number of imidazole rings is 1. The summed E-state index contributed by atoms with van der Waals surface area (Å²) in [6.07, 6.45) is 3.09. The van der Waals surface area contributed by atoms with Gasteiger partial charge in [0.15, 0.2) is 0 Å². The van der Waals surface area contributed by atoms with Crippen LogP contribution in [-0.4, -0.2) is 20.9 Å². The molecule has 0 saturated heterocycles. The monoisotopic (exact) mass is 270 g/mol. The molecule has 0 fully saturated rings. The number of H-pyrrole nitrogens is 1. The Morgan fingerprint density at radius 2 is 2.25 bits per heavy atom. The number of rotatable bonds is 3. The molecular formula is C14H11FN4O. The van der Waals surface area contributed by atoms with Crippen LogP contribution in [-0.2, 0) is 6.54 Å². The van der Waals surface area contributed by atoms with Crippen molar-refractivity contribution in [3.63, 3.8) is 0 Å². The normalized spacial score (nSPS) is 10.7. The number of fused-ring (bicyclic) bond motifs is 1. The number of benzene rings is 1. The number of carbonyl (C=O) groups excluding carboxylic acids is 1.